The molecule has 0 radical (unpaired) electrons. The molecule has 6 nitrogen and oxygen atoms in total. The largest absolute Gasteiger partial charge is 0.374 e. The van der Waals surface area contributed by atoms with Gasteiger partial charge >= 0.3 is 0 Å². The van der Waals surface area contributed by atoms with Gasteiger partial charge in [-0.15, -0.1) is 0 Å². The average Bonchev–Trinajstić information content (AvgIpc) is 2.47. The molecule has 0 spiro atoms. The standard InChI is InChI=1S/C16H19N3O3S/c1-12(16(17)20)18-14-8-5-9-15(10-14)19-23(21,22)11-13-6-3-2-4-7-13/h2-10,12,18-19H,11H2,1H3,(H2,17,20). The van der Waals surface area contributed by atoms with E-state index in [-0.39, 0.29) is 5.75 Å². The van der Waals surface area contributed by atoms with Crippen LogP contribution in [0.25, 0.3) is 0 Å². The zero-order valence-electron chi connectivity index (χ0n) is 12.7. The van der Waals surface area contributed by atoms with Gasteiger partial charge in [0.1, 0.15) is 6.04 Å². The third-order valence-electron chi connectivity index (χ3n) is 3.15. The third kappa shape index (κ3) is 5.30. The summed E-state index contributed by atoms with van der Waals surface area (Å²) in [6, 6.07) is 15.1. The normalized spacial score (nSPS) is 12.4. The number of hydrogen-bond donors (Lipinski definition) is 3. The quantitative estimate of drug-likeness (QED) is 0.720. The molecule has 0 aliphatic heterocycles. The Labute approximate surface area is 135 Å². The van der Waals surface area contributed by atoms with E-state index in [1.54, 1.807) is 55.5 Å². The zero-order valence-corrected chi connectivity index (χ0v) is 13.5. The summed E-state index contributed by atoms with van der Waals surface area (Å²) in [7, 11) is -3.52. The molecule has 2 aromatic carbocycles. The molecule has 0 fully saturated rings. The van der Waals surface area contributed by atoms with Crippen molar-refractivity contribution in [2.24, 2.45) is 5.73 Å². The third-order valence-corrected chi connectivity index (χ3v) is 4.41. The Morgan fingerprint density at radius 2 is 1.74 bits per heavy atom. The highest BCUT2D eigenvalue weighted by molar-refractivity contribution is 7.91. The molecule has 122 valence electrons. The summed E-state index contributed by atoms with van der Waals surface area (Å²) >= 11 is 0. The van der Waals surface area contributed by atoms with Gasteiger partial charge < -0.3 is 11.1 Å². The Morgan fingerprint density at radius 3 is 2.39 bits per heavy atom. The van der Waals surface area contributed by atoms with E-state index in [4.69, 9.17) is 5.73 Å². The number of nitrogens with two attached hydrogens (primary N) is 1. The molecule has 2 aromatic rings. The molecule has 23 heavy (non-hydrogen) atoms. The molecule has 1 unspecified atom stereocenters. The summed E-state index contributed by atoms with van der Waals surface area (Å²) < 4.78 is 26.9. The summed E-state index contributed by atoms with van der Waals surface area (Å²) in [6.45, 7) is 1.63. The van der Waals surface area contributed by atoms with Gasteiger partial charge in [-0.05, 0) is 30.7 Å². The number of carbonyl (C=O) groups is 1. The van der Waals surface area contributed by atoms with Crippen LogP contribution in [0.4, 0.5) is 11.4 Å². The van der Waals surface area contributed by atoms with Gasteiger partial charge in [0.15, 0.2) is 0 Å². The molecule has 0 saturated heterocycles. The van der Waals surface area contributed by atoms with Crippen LogP contribution in [0.5, 0.6) is 0 Å². The minimum Gasteiger partial charge on any atom is -0.374 e. The van der Waals surface area contributed by atoms with Gasteiger partial charge in [-0.1, -0.05) is 36.4 Å². The number of amides is 1. The lowest BCUT2D eigenvalue weighted by Gasteiger charge is -2.13. The molecular formula is C16H19N3O3S. The van der Waals surface area contributed by atoms with Crippen molar-refractivity contribution in [3.8, 4) is 0 Å². The summed E-state index contributed by atoms with van der Waals surface area (Å²) in [6.07, 6.45) is 0. The van der Waals surface area contributed by atoms with Gasteiger partial charge in [-0.3, -0.25) is 9.52 Å². The lowest BCUT2D eigenvalue weighted by Crippen LogP contribution is -2.32. The molecule has 0 heterocycles. The maximum absolute atomic E-state index is 12.2. The molecule has 1 atom stereocenters. The van der Waals surface area contributed by atoms with Crippen LogP contribution in [0.2, 0.25) is 0 Å². The number of rotatable bonds is 7. The second-order valence-corrected chi connectivity index (χ2v) is 6.92. The van der Waals surface area contributed by atoms with Crippen LogP contribution in [-0.2, 0) is 20.6 Å². The number of carbonyl (C=O) groups excluding carboxylic acids is 1. The Bertz CT molecular complexity index is 776. The molecule has 0 bridgehead atoms. The zero-order chi connectivity index (χ0) is 16.9. The molecule has 0 aromatic heterocycles. The van der Waals surface area contributed by atoms with Gasteiger partial charge in [-0.2, -0.15) is 0 Å². The first-order chi connectivity index (χ1) is 10.9. The van der Waals surface area contributed by atoms with Crippen LogP contribution < -0.4 is 15.8 Å². The summed E-state index contributed by atoms with van der Waals surface area (Å²) in [5, 5.41) is 2.91. The number of anilines is 2. The second-order valence-electron chi connectivity index (χ2n) is 5.20. The van der Waals surface area contributed by atoms with Crippen molar-refractivity contribution in [3.05, 3.63) is 60.2 Å². The first-order valence-electron chi connectivity index (χ1n) is 7.06. The van der Waals surface area contributed by atoms with Gasteiger partial charge in [0.2, 0.25) is 15.9 Å². The van der Waals surface area contributed by atoms with E-state index >= 15 is 0 Å². The van der Waals surface area contributed by atoms with Crippen molar-refractivity contribution in [3.63, 3.8) is 0 Å². The fourth-order valence-corrected chi connectivity index (χ4v) is 3.19. The monoisotopic (exact) mass is 333 g/mol. The Balaban J connectivity index is 2.09. The molecule has 7 heteroatoms. The topological polar surface area (TPSA) is 101 Å². The smallest absolute Gasteiger partial charge is 0.239 e. The maximum atomic E-state index is 12.2. The Morgan fingerprint density at radius 1 is 1.09 bits per heavy atom. The number of benzene rings is 2. The number of sulfonamides is 1. The van der Waals surface area contributed by atoms with E-state index in [1.165, 1.54) is 0 Å². The summed E-state index contributed by atoms with van der Waals surface area (Å²) in [4.78, 5) is 11.1. The second kappa shape index (κ2) is 7.15. The highest BCUT2D eigenvalue weighted by Crippen LogP contribution is 2.18. The highest BCUT2D eigenvalue weighted by atomic mass is 32.2. The van der Waals surface area contributed by atoms with Crippen molar-refractivity contribution in [2.75, 3.05) is 10.0 Å². The molecule has 0 aliphatic carbocycles. The van der Waals surface area contributed by atoms with E-state index in [1.807, 2.05) is 6.07 Å². The molecule has 0 saturated carbocycles. The van der Waals surface area contributed by atoms with Crippen molar-refractivity contribution in [2.45, 2.75) is 18.7 Å². The highest BCUT2D eigenvalue weighted by Gasteiger charge is 2.13. The van der Waals surface area contributed by atoms with Crippen LogP contribution in [0.3, 0.4) is 0 Å². The van der Waals surface area contributed by atoms with Crippen molar-refractivity contribution in [1.82, 2.24) is 0 Å². The van der Waals surface area contributed by atoms with Crippen molar-refractivity contribution in [1.29, 1.82) is 0 Å². The fourth-order valence-electron chi connectivity index (χ4n) is 2.00. The molecule has 0 aliphatic rings. The molecule has 2 rings (SSSR count). The fraction of sp³-hybridized carbons (Fsp3) is 0.188. The van der Waals surface area contributed by atoms with Crippen molar-refractivity contribution >= 4 is 27.3 Å². The van der Waals surface area contributed by atoms with E-state index in [0.717, 1.165) is 0 Å². The lowest BCUT2D eigenvalue weighted by molar-refractivity contribution is -0.118. The van der Waals surface area contributed by atoms with Gasteiger partial charge in [0, 0.05) is 5.69 Å². The predicted molar refractivity (Wildman–Crippen MR) is 91.4 cm³/mol. The maximum Gasteiger partial charge on any atom is 0.239 e. The van der Waals surface area contributed by atoms with Gasteiger partial charge in [-0.25, -0.2) is 8.42 Å². The van der Waals surface area contributed by atoms with Gasteiger partial charge in [0.25, 0.3) is 0 Å². The van der Waals surface area contributed by atoms with Crippen LogP contribution >= 0.6 is 0 Å². The first kappa shape index (κ1) is 16.8. The van der Waals surface area contributed by atoms with Crippen LogP contribution in [-0.4, -0.2) is 20.4 Å². The Kier molecular flexibility index (Phi) is 5.23. The van der Waals surface area contributed by atoms with E-state index in [0.29, 0.717) is 16.9 Å². The summed E-state index contributed by atoms with van der Waals surface area (Å²) in [5.41, 5.74) is 6.93. The number of nitrogens with one attached hydrogen (secondary N) is 2. The number of primary amides is 1. The van der Waals surface area contributed by atoms with Crippen LogP contribution in [0.1, 0.15) is 12.5 Å². The lowest BCUT2D eigenvalue weighted by atomic mass is 10.2. The minimum atomic E-state index is -3.52. The number of hydrogen-bond acceptors (Lipinski definition) is 4. The SMILES string of the molecule is CC(Nc1cccc(NS(=O)(=O)Cc2ccccc2)c1)C(N)=O. The van der Waals surface area contributed by atoms with E-state index in [2.05, 4.69) is 10.0 Å². The first-order valence-corrected chi connectivity index (χ1v) is 8.71. The minimum absolute atomic E-state index is 0.108. The predicted octanol–water partition coefficient (Wildman–Crippen LogP) is 1.91. The van der Waals surface area contributed by atoms with Crippen LogP contribution in [0.15, 0.2) is 54.6 Å². The Hall–Kier alpha value is -2.54. The van der Waals surface area contributed by atoms with E-state index in [9.17, 15) is 13.2 Å². The van der Waals surface area contributed by atoms with Crippen LogP contribution in [0, 0.1) is 0 Å². The van der Waals surface area contributed by atoms with Gasteiger partial charge in [0.05, 0.1) is 11.4 Å². The molecule has 1 amide bonds. The van der Waals surface area contributed by atoms with E-state index < -0.39 is 22.0 Å². The van der Waals surface area contributed by atoms with Crippen molar-refractivity contribution < 1.29 is 13.2 Å². The molecular weight excluding hydrogens is 314 g/mol. The summed E-state index contributed by atoms with van der Waals surface area (Å²) in [5.74, 6) is -0.594. The average molecular weight is 333 g/mol. The molecule has 4 N–H and O–H groups in total.